The van der Waals surface area contributed by atoms with Crippen LogP contribution in [0.2, 0.25) is 0 Å². The SMILES string of the molecule is CCc1ccccc1NC(=O)COc1cc(C)nc(N2CCCC(C)C2)n1. The second-order valence-electron chi connectivity index (χ2n) is 7.19. The van der Waals surface area contributed by atoms with Crippen molar-refractivity contribution in [1.82, 2.24) is 9.97 Å². The van der Waals surface area contributed by atoms with Crippen molar-refractivity contribution in [3.63, 3.8) is 0 Å². The number of aromatic nitrogens is 2. The van der Waals surface area contributed by atoms with Crippen LogP contribution in [0.1, 0.15) is 37.9 Å². The normalized spacial score (nSPS) is 16.9. The zero-order valence-corrected chi connectivity index (χ0v) is 16.4. The minimum absolute atomic E-state index is 0.0790. The maximum atomic E-state index is 12.3. The first-order valence-electron chi connectivity index (χ1n) is 9.66. The number of amides is 1. The van der Waals surface area contributed by atoms with Crippen molar-refractivity contribution in [2.45, 2.75) is 40.0 Å². The molecule has 1 aromatic carbocycles. The summed E-state index contributed by atoms with van der Waals surface area (Å²) < 4.78 is 5.66. The molecule has 2 aromatic rings. The van der Waals surface area contributed by atoms with Crippen LogP contribution < -0.4 is 15.0 Å². The molecule has 1 fully saturated rings. The topological polar surface area (TPSA) is 67.3 Å². The monoisotopic (exact) mass is 368 g/mol. The molecular formula is C21H28N4O2. The fraction of sp³-hybridized carbons (Fsp3) is 0.476. The van der Waals surface area contributed by atoms with Gasteiger partial charge in [0.2, 0.25) is 11.8 Å². The molecule has 1 N–H and O–H groups in total. The Morgan fingerprint density at radius 2 is 2.15 bits per heavy atom. The minimum Gasteiger partial charge on any atom is -0.467 e. The number of nitrogens with zero attached hydrogens (tertiary/aromatic N) is 3. The van der Waals surface area contributed by atoms with Gasteiger partial charge in [0.05, 0.1) is 0 Å². The zero-order chi connectivity index (χ0) is 19.2. The number of piperidine rings is 1. The molecule has 1 amide bonds. The van der Waals surface area contributed by atoms with E-state index in [1.54, 1.807) is 6.07 Å². The van der Waals surface area contributed by atoms with E-state index >= 15 is 0 Å². The van der Waals surface area contributed by atoms with Crippen molar-refractivity contribution < 1.29 is 9.53 Å². The molecule has 144 valence electrons. The molecule has 0 saturated carbocycles. The standard InChI is InChI=1S/C21H28N4O2/c1-4-17-9-5-6-10-18(17)23-19(26)14-27-20-12-16(3)22-21(24-20)25-11-7-8-15(2)13-25/h5-6,9-10,12,15H,4,7-8,11,13-14H2,1-3H3,(H,23,26). The summed E-state index contributed by atoms with van der Waals surface area (Å²) >= 11 is 0. The van der Waals surface area contributed by atoms with Crippen LogP contribution in [0.15, 0.2) is 30.3 Å². The molecule has 1 aliphatic rings. The Morgan fingerprint density at radius 1 is 1.33 bits per heavy atom. The summed E-state index contributed by atoms with van der Waals surface area (Å²) in [6.45, 7) is 8.07. The summed E-state index contributed by atoms with van der Waals surface area (Å²) in [7, 11) is 0. The fourth-order valence-corrected chi connectivity index (χ4v) is 3.39. The Bertz CT molecular complexity index is 794. The number of ether oxygens (including phenoxy) is 1. The molecule has 1 aliphatic heterocycles. The van der Waals surface area contributed by atoms with E-state index in [-0.39, 0.29) is 12.5 Å². The molecule has 1 unspecified atom stereocenters. The maximum absolute atomic E-state index is 12.3. The molecule has 0 radical (unpaired) electrons. The van der Waals surface area contributed by atoms with E-state index in [0.717, 1.165) is 42.9 Å². The first-order chi connectivity index (χ1) is 13.0. The smallest absolute Gasteiger partial charge is 0.262 e. The molecule has 3 rings (SSSR count). The first kappa shape index (κ1) is 19.1. The number of hydrogen-bond donors (Lipinski definition) is 1. The number of carbonyl (C=O) groups excluding carboxylic acids is 1. The van der Waals surface area contributed by atoms with Crippen molar-refractivity contribution in [2.24, 2.45) is 5.92 Å². The second-order valence-corrected chi connectivity index (χ2v) is 7.19. The van der Waals surface area contributed by atoms with Crippen molar-refractivity contribution in [3.05, 3.63) is 41.6 Å². The lowest BCUT2D eigenvalue weighted by molar-refractivity contribution is -0.118. The van der Waals surface area contributed by atoms with Crippen LogP contribution in [0.25, 0.3) is 0 Å². The van der Waals surface area contributed by atoms with Crippen LogP contribution >= 0.6 is 0 Å². The van der Waals surface area contributed by atoms with Gasteiger partial charge in [0.1, 0.15) is 0 Å². The number of hydrogen-bond acceptors (Lipinski definition) is 5. The molecule has 0 aliphatic carbocycles. The highest BCUT2D eigenvalue weighted by molar-refractivity contribution is 5.92. The van der Waals surface area contributed by atoms with E-state index in [9.17, 15) is 4.79 Å². The number of nitrogens with one attached hydrogen (secondary N) is 1. The van der Waals surface area contributed by atoms with Gasteiger partial charge < -0.3 is 15.0 Å². The summed E-state index contributed by atoms with van der Waals surface area (Å²) in [4.78, 5) is 23.5. The Hall–Kier alpha value is -2.63. The van der Waals surface area contributed by atoms with Gasteiger partial charge in [0, 0.05) is 30.5 Å². The summed E-state index contributed by atoms with van der Waals surface area (Å²) in [6.07, 6.45) is 3.25. The minimum atomic E-state index is -0.194. The highest BCUT2D eigenvalue weighted by Gasteiger charge is 2.19. The van der Waals surface area contributed by atoms with Crippen molar-refractivity contribution in [2.75, 3.05) is 29.9 Å². The number of benzene rings is 1. The van der Waals surface area contributed by atoms with E-state index in [4.69, 9.17) is 4.74 Å². The van der Waals surface area contributed by atoms with Crippen molar-refractivity contribution >= 4 is 17.5 Å². The van der Waals surface area contributed by atoms with Crippen LogP contribution in [-0.2, 0) is 11.2 Å². The van der Waals surface area contributed by atoms with Gasteiger partial charge in [-0.2, -0.15) is 4.98 Å². The molecule has 2 heterocycles. The van der Waals surface area contributed by atoms with Gasteiger partial charge in [0.15, 0.2) is 6.61 Å². The van der Waals surface area contributed by atoms with E-state index in [2.05, 4.69) is 34.0 Å². The summed E-state index contributed by atoms with van der Waals surface area (Å²) in [5.74, 6) is 1.57. The average Bonchev–Trinajstić information content (AvgIpc) is 2.66. The van der Waals surface area contributed by atoms with E-state index in [1.807, 2.05) is 31.2 Å². The summed E-state index contributed by atoms with van der Waals surface area (Å²) in [6, 6.07) is 9.56. The Labute approximate surface area is 161 Å². The average molecular weight is 368 g/mol. The Balaban J connectivity index is 1.62. The molecule has 1 atom stereocenters. The number of para-hydroxylation sites is 1. The van der Waals surface area contributed by atoms with Gasteiger partial charge in [0.25, 0.3) is 5.91 Å². The van der Waals surface area contributed by atoms with E-state index in [1.165, 1.54) is 6.42 Å². The lowest BCUT2D eigenvalue weighted by atomic mass is 10.0. The number of rotatable bonds is 6. The van der Waals surface area contributed by atoms with Gasteiger partial charge in [-0.15, -0.1) is 0 Å². The zero-order valence-electron chi connectivity index (χ0n) is 16.4. The molecule has 0 spiro atoms. The third kappa shape index (κ3) is 5.18. The highest BCUT2D eigenvalue weighted by atomic mass is 16.5. The fourth-order valence-electron chi connectivity index (χ4n) is 3.39. The Morgan fingerprint density at radius 3 is 2.93 bits per heavy atom. The third-order valence-corrected chi connectivity index (χ3v) is 4.78. The maximum Gasteiger partial charge on any atom is 0.262 e. The van der Waals surface area contributed by atoms with Crippen LogP contribution in [0.4, 0.5) is 11.6 Å². The molecule has 27 heavy (non-hydrogen) atoms. The molecule has 6 nitrogen and oxygen atoms in total. The van der Waals surface area contributed by atoms with Crippen LogP contribution in [0, 0.1) is 12.8 Å². The van der Waals surface area contributed by atoms with Gasteiger partial charge in [-0.05, 0) is 43.7 Å². The van der Waals surface area contributed by atoms with Gasteiger partial charge in [-0.3, -0.25) is 4.79 Å². The summed E-state index contributed by atoms with van der Waals surface area (Å²) in [5, 5.41) is 2.91. The van der Waals surface area contributed by atoms with Crippen molar-refractivity contribution in [1.29, 1.82) is 0 Å². The van der Waals surface area contributed by atoms with Crippen LogP contribution in [0.5, 0.6) is 5.88 Å². The number of carbonyl (C=O) groups is 1. The van der Waals surface area contributed by atoms with E-state index < -0.39 is 0 Å². The molecule has 6 heteroatoms. The van der Waals surface area contributed by atoms with E-state index in [0.29, 0.717) is 17.7 Å². The molecular weight excluding hydrogens is 340 g/mol. The largest absolute Gasteiger partial charge is 0.467 e. The third-order valence-electron chi connectivity index (χ3n) is 4.78. The quantitative estimate of drug-likeness (QED) is 0.844. The van der Waals surface area contributed by atoms with Crippen LogP contribution in [-0.4, -0.2) is 35.6 Å². The Kier molecular flexibility index (Phi) is 6.27. The van der Waals surface area contributed by atoms with Gasteiger partial charge in [-0.25, -0.2) is 4.98 Å². The predicted molar refractivity (Wildman–Crippen MR) is 107 cm³/mol. The lowest BCUT2D eigenvalue weighted by Gasteiger charge is -2.31. The molecule has 0 bridgehead atoms. The summed E-state index contributed by atoms with van der Waals surface area (Å²) in [5.41, 5.74) is 2.77. The molecule has 1 saturated heterocycles. The highest BCUT2D eigenvalue weighted by Crippen LogP contribution is 2.22. The second kappa shape index (κ2) is 8.84. The molecule has 1 aromatic heterocycles. The number of aryl methyl sites for hydroxylation is 2. The van der Waals surface area contributed by atoms with Crippen LogP contribution in [0.3, 0.4) is 0 Å². The van der Waals surface area contributed by atoms with Crippen molar-refractivity contribution in [3.8, 4) is 5.88 Å². The number of anilines is 2. The first-order valence-corrected chi connectivity index (χ1v) is 9.66. The van der Waals surface area contributed by atoms with Gasteiger partial charge >= 0.3 is 0 Å². The lowest BCUT2D eigenvalue weighted by Crippen LogP contribution is -2.35. The predicted octanol–water partition coefficient (Wildman–Crippen LogP) is 3.60. The van der Waals surface area contributed by atoms with Gasteiger partial charge in [-0.1, -0.05) is 32.0 Å².